The average molecular weight is 331 g/mol. The van der Waals surface area contributed by atoms with E-state index in [1.165, 1.54) is 6.07 Å². The predicted octanol–water partition coefficient (Wildman–Crippen LogP) is 2.24. The minimum atomic E-state index is -1.11. The summed E-state index contributed by atoms with van der Waals surface area (Å²) in [6.45, 7) is 3.04. The number of hydrogen-bond donors (Lipinski definition) is 2. The second-order valence-electron chi connectivity index (χ2n) is 5.27. The number of ether oxygens (including phenoxy) is 2. The van der Waals surface area contributed by atoms with E-state index in [0.29, 0.717) is 31.1 Å². The maximum absolute atomic E-state index is 12.2. The van der Waals surface area contributed by atoms with Crippen LogP contribution in [0.1, 0.15) is 39.2 Å². The Bertz CT molecular complexity index is 779. The van der Waals surface area contributed by atoms with E-state index in [0.717, 1.165) is 5.56 Å². The monoisotopic (exact) mass is 331 g/mol. The van der Waals surface area contributed by atoms with E-state index in [1.807, 2.05) is 6.07 Å². The van der Waals surface area contributed by atoms with Crippen molar-refractivity contribution in [2.24, 2.45) is 0 Å². The molecule has 7 nitrogen and oxygen atoms in total. The fourth-order valence-corrected chi connectivity index (χ4v) is 2.45. The number of carboxylic acid groups (broad SMARTS) is 1. The van der Waals surface area contributed by atoms with E-state index in [4.69, 9.17) is 19.0 Å². The summed E-state index contributed by atoms with van der Waals surface area (Å²) in [4.78, 5) is 23.3. The molecule has 0 radical (unpaired) electrons. The Morgan fingerprint density at radius 3 is 2.58 bits per heavy atom. The zero-order chi connectivity index (χ0) is 17.1. The molecule has 0 atom stereocenters. The van der Waals surface area contributed by atoms with E-state index < -0.39 is 11.9 Å². The van der Waals surface area contributed by atoms with Crippen molar-refractivity contribution in [3.05, 3.63) is 46.9 Å². The fourth-order valence-electron chi connectivity index (χ4n) is 2.45. The lowest BCUT2D eigenvalue weighted by Gasteiger charge is -2.18. The van der Waals surface area contributed by atoms with Crippen LogP contribution in [0.15, 0.2) is 28.7 Å². The number of benzene rings is 1. The molecule has 1 aromatic heterocycles. The van der Waals surface area contributed by atoms with Crippen LogP contribution >= 0.6 is 0 Å². The summed E-state index contributed by atoms with van der Waals surface area (Å²) < 4.78 is 16.3. The highest BCUT2D eigenvalue weighted by atomic mass is 16.6. The largest absolute Gasteiger partial charge is 0.486 e. The van der Waals surface area contributed by atoms with Gasteiger partial charge in [-0.1, -0.05) is 13.0 Å². The van der Waals surface area contributed by atoms with E-state index in [-0.39, 0.29) is 23.6 Å². The van der Waals surface area contributed by atoms with Crippen LogP contribution in [0.25, 0.3) is 0 Å². The highest BCUT2D eigenvalue weighted by Crippen LogP contribution is 2.30. The number of carboxylic acids is 1. The number of rotatable bonds is 5. The zero-order valence-corrected chi connectivity index (χ0v) is 13.1. The first-order valence-electron chi connectivity index (χ1n) is 7.61. The summed E-state index contributed by atoms with van der Waals surface area (Å²) in [7, 11) is 0. The van der Waals surface area contributed by atoms with Crippen LogP contribution in [0, 0.1) is 0 Å². The van der Waals surface area contributed by atoms with Crippen molar-refractivity contribution in [2.75, 3.05) is 13.2 Å². The molecule has 126 valence electrons. The third-order valence-corrected chi connectivity index (χ3v) is 3.64. The second kappa shape index (κ2) is 6.66. The molecule has 1 amide bonds. The number of amides is 1. The van der Waals surface area contributed by atoms with Crippen LogP contribution in [-0.4, -0.2) is 30.2 Å². The molecule has 2 N–H and O–H groups in total. The number of hydrogen-bond acceptors (Lipinski definition) is 5. The van der Waals surface area contributed by atoms with Gasteiger partial charge >= 0.3 is 5.97 Å². The van der Waals surface area contributed by atoms with Crippen LogP contribution in [0.2, 0.25) is 0 Å². The molecule has 1 aromatic carbocycles. The Morgan fingerprint density at radius 2 is 1.92 bits per heavy atom. The minimum Gasteiger partial charge on any atom is -0.486 e. The van der Waals surface area contributed by atoms with E-state index in [2.05, 4.69) is 5.32 Å². The number of fused-ring (bicyclic) bond motifs is 1. The maximum atomic E-state index is 12.2. The van der Waals surface area contributed by atoms with Crippen LogP contribution < -0.4 is 14.8 Å². The van der Waals surface area contributed by atoms with Gasteiger partial charge in [0.15, 0.2) is 17.3 Å². The topological polar surface area (TPSA) is 98.0 Å². The molecule has 0 fully saturated rings. The normalized spacial score (nSPS) is 12.7. The Hall–Kier alpha value is -2.96. The summed E-state index contributed by atoms with van der Waals surface area (Å²) >= 11 is 0. The summed E-state index contributed by atoms with van der Waals surface area (Å²) in [5.74, 6) is 0.0239. The maximum Gasteiger partial charge on any atom is 0.339 e. The molecule has 3 rings (SSSR count). The fraction of sp³-hybridized carbons (Fsp3) is 0.294. The van der Waals surface area contributed by atoms with Gasteiger partial charge in [-0.05, 0) is 17.7 Å². The van der Waals surface area contributed by atoms with Crippen molar-refractivity contribution in [1.82, 2.24) is 5.32 Å². The van der Waals surface area contributed by atoms with Crippen molar-refractivity contribution in [3.8, 4) is 11.5 Å². The summed E-state index contributed by atoms with van der Waals surface area (Å²) in [5.41, 5.74) is 0.857. The molecule has 0 unspecified atom stereocenters. The van der Waals surface area contributed by atoms with Gasteiger partial charge in [0.1, 0.15) is 24.5 Å². The lowest BCUT2D eigenvalue weighted by atomic mass is 10.2. The average Bonchev–Trinajstić information content (AvgIpc) is 3.04. The molecule has 1 aliphatic rings. The molecule has 0 saturated carbocycles. The lowest BCUT2D eigenvalue weighted by molar-refractivity contribution is 0.0694. The first-order chi connectivity index (χ1) is 11.6. The minimum absolute atomic E-state index is 0.0122. The standard InChI is InChI=1S/C17H17NO6/c1-2-12-11(17(20)21)8-15(24-12)16(19)18-9-10-3-4-13-14(7-10)23-6-5-22-13/h3-4,7-8H,2,5-6,9H2,1H3,(H,18,19)(H,20,21). The smallest absolute Gasteiger partial charge is 0.339 e. The molecular formula is C17H17NO6. The number of nitrogens with one attached hydrogen (secondary N) is 1. The van der Waals surface area contributed by atoms with Crippen molar-refractivity contribution < 1.29 is 28.6 Å². The Kier molecular flexibility index (Phi) is 4.41. The third kappa shape index (κ3) is 3.19. The van der Waals surface area contributed by atoms with Crippen molar-refractivity contribution >= 4 is 11.9 Å². The van der Waals surface area contributed by atoms with Crippen LogP contribution in [-0.2, 0) is 13.0 Å². The number of carbonyl (C=O) groups is 2. The zero-order valence-electron chi connectivity index (χ0n) is 13.1. The van der Waals surface area contributed by atoms with Crippen LogP contribution in [0.5, 0.6) is 11.5 Å². The molecule has 0 aliphatic carbocycles. The molecule has 24 heavy (non-hydrogen) atoms. The van der Waals surface area contributed by atoms with Gasteiger partial charge in [-0.3, -0.25) is 4.79 Å². The van der Waals surface area contributed by atoms with Crippen molar-refractivity contribution in [1.29, 1.82) is 0 Å². The quantitative estimate of drug-likeness (QED) is 0.872. The summed E-state index contributed by atoms with van der Waals surface area (Å²) in [6.07, 6.45) is 0.400. The van der Waals surface area contributed by atoms with Crippen molar-refractivity contribution in [2.45, 2.75) is 19.9 Å². The third-order valence-electron chi connectivity index (χ3n) is 3.64. The second-order valence-corrected chi connectivity index (χ2v) is 5.27. The van der Waals surface area contributed by atoms with Gasteiger partial charge in [0, 0.05) is 19.0 Å². The van der Waals surface area contributed by atoms with E-state index >= 15 is 0 Å². The van der Waals surface area contributed by atoms with Gasteiger partial charge in [-0.25, -0.2) is 4.79 Å². The van der Waals surface area contributed by atoms with Crippen LogP contribution in [0.4, 0.5) is 0 Å². The molecule has 0 spiro atoms. The first-order valence-corrected chi connectivity index (χ1v) is 7.61. The number of carbonyl (C=O) groups excluding carboxylic acids is 1. The summed E-state index contributed by atoms with van der Waals surface area (Å²) in [6, 6.07) is 6.67. The number of aryl methyl sites for hydroxylation is 1. The highest BCUT2D eigenvalue weighted by molar-refractivity contribution is 5.96. The van der Waals surface area contributed by atoms with Gasteiger partial charge in [-0.2, -0.15) is 0 Å². The highest BCUT2D eigenvalue weighted by Gasteiger charge is 2.20. The Labute approximate surface area is 138 Å². The molecule has 2 aromatic rings. The predicted molar refractivity (Wildman–Crippen MR) is 83.6 cm³/mol. The Balaban J connectivity index is 1.68. The summed E-state index contributed by atoms with van der Waals surface area (Å²) in [5, 5.41) is 11.8. The molecule has 1 aliphatic heterocycles. The molecule has 0 bridgehead atoms. The van der Waals surface area contributed by atoms with Gasteiger partial charge in [0.2, 0.25) is 0 Å². The van der Waals surface area contributed by atoms with E-state index in [9.17, 15) is 9.59 Å². The van der Waals surface area contributed by atoms with Gasteiger partial charge in [-0.15, -0.1) is 0 Å². The first kappa shape index (κ1) is 15.9. The molecule has 0 saturated heterocycles. The van der Waals surface area contributed by atoms with Crippen molar-refractivity contribution in [3.63, 3.8) is 0 Å². The lowest BCUT2D eigenvalue weighted by Crippen LogP contribution is -2.22. The van der Waals surface area contributed by atoms with Gasteiger partial charge in [0.25, 0.3) is 5.91 Å². The number of aromatic carboxylic acids is 1. The molecule has 7 heteroatoms. The SMILES string of the molecule is CCc1oc(C(=O)NCc2ccc3c(c2)OCCO3)cc1C(=O)O. The molecular weight excluding hydrogens is 314 g/mol. The van der Waals surface area contributed by atoms with Gasteiger partial charge < -0.3 is 24.3 Å². The van der Waals surface area contributed by atoms with Crippen LogP contribution in [0.3, 0.4) is 0 Å². The van der Waals surface area contributed by atoms with Gasteiger partial charge in [0.05, 0.1) is 0 Å². The Morgan fingerprint density at radius 1 is 1.17 bits per heavy atom. The van der Waals surface area contributed by atoms with E-state index in [1.54, 1.807) is 19.1 Å². The number of furan rings is 1. The molecule has 2 heterocycles.